The molecule has 1 unspecified atom stereocenters. The molecule has 0 bridgehead atoms. The van der Waals surface area contributed by atoms with Crippen LogP contribution < -0.4 is 16.4 Å². The van der Waals surface area contributed by atoms with Crippen LogP contribution in [0.15, 0.2) is 18.2 Å². The van der Waals surface area contributed by atoms with Crippen LogP contribution in [-0.2, 0) is 7.05 Å². The maximum atomic E-state index is 7.50. The van der Waals surface area contributed by atoms with Gasteiger partial charge in [0.1, 0.15) is 12.0 Å². The fourth-order valence-electron chi connectivity index (χ4n) is 2.63. The van der Waals surface area contributed by atoms with E-state index in [0.29, 0.717) is 0 Å². The molecule has 1 aromatic heterocycles. The van der Waals surface area contributed by atoms with Crippen LogP contribution in [0.25, 0.3) is 0 Å². The molecule has 0 spiro atoms. The van der Waals surface area contributed by atoms with Gasteiger partial charge < -0.3 is 16.4 Å². The first kappa shape index (κ1) is 12.5. The van der Waals surface area contributed by atoms with E-state index in [9.17, 15) is 0 Å². The summed E-state index contributed by atoms with van der Waals surface area (Å²) in [6.07, 6.45) is -0.0154. The van der Waals surface area contributed by atoms with Crippen LogP contribution in [0.5, 0.6) is 0 Å². The van der Waals surface area contributed by atoms with E-state index < -0.39 is 0 Å². The Hall–Kier alpha value is -2.50. The maximum Gasteiger partial charge on any atom is 0.141 e. The zero-order valence-corrected chi connectivity index (χ0v) is 11.8. The quantitative estimate of drug-likeness (QED) is 0.495. The average molecular weight is 270 g/mol. The van der Waals surface area contributed by atoms with Gasteiger partial charge in [0.05, 0.1) is 22.8 Å². The van der Waals surface area contributed by atoms with Crippen molar-refractivity contribution in [1.82, 2.24) is 9.78 Å². The summed E-state index contributed by atoms with van der Waals surface area (Å²) in [6.45, 7) is 4.08. The van der Waals surface area contributed by atoms with Crippen LogP contribution in [0.1, 0.15) is 28.7 Å². The fraction of sp³-hybridized carbons (Fsp3) is 0.286. The molecular weight excluding hydrogens is 252 g/mol. The SMILES string of the molecule is Cc1nn(C)c(C2Nc3ccc(C(=N)N)cc3N2)c1C. The number of nitrogens with zero attached hydrogens (tertiary/aromatic N) is 2. The van der Waals surface area contributed by atoms with Crippen molar-refractivity contribution in [3.8, 4) is 0 Å². The van der Waals surface area contributed by atoms with Crippen LogP contribution >= 0.6 is 0 Å². The second-order valence-corrected chi connectivity index (χ2v) is 5.11. The lowest BCUT2D eigenvalue weighted by Crippen LogP contribution is -2.17. The van der Waals surface area contributed by atoms with E-state index in [-0.39, 0.29) is 12.0 Å². The molecule has 3 rings (SSSR count). The van der Waals surface area contributed by atoms with E-state index in [2.05, 4.69) is 22.7 Å². The minimum absolute atomic E-state index is 0.0154. The number of hydrogen-bond acceptors (Lipinski definition) is 4. The van der Waals surface area contributed by atoms with Gasteiger partial charge in [-0.1, -0.05) is 0 Å². The second kappa shape index (κ2) is 4.26. The highest BCUT2D eigenvalue weighted by atomic mass is 15.3. The lowest BCUT2D eigenvalue weighted by atomic mass is 10.1. The van der Waals surface area contributed by atoms with E-state index in [1.807, 2.05) is 36.9 Å². The van der Waals surface area contributed by atoms with Crippen molar-refractivity contribution in [3.63, 3.8) is 0 Å². The van der Waals surface area contributed by atoms with Crippen molar-refractivity contribution in [1.29, 1.82) is 5.41 Å². The monoisotopic (exact) mass is 270 g/mol. The molecule has 1 aliphatic rings. The summed E-state index contributed by atoms with van der Waals surface area (Å²) in [5.41, 5.74) is 11.5. The fourth-order valence-corrected chi connectivity index (χ4v) is 2.63. The van der Waals surface area contributed by atoms with Crippen molar-refractivity contribution < 1.29 is 0 Å². The predicted octanol–water partition coefficient (Wildman–Crippen LogP) is 1.86. The molecule has 0 amide bonds. The van der Waals surface area contributed by atoms with Crippen molar-refractivity contribution in [2.24, 2.45) is 12.8 Å². The number of nitrogens with one attached hydrogen (secondary N) is 3. The van der Waals surface area contributed by atoms with Crippen LogP contribution in [0.3, 0.4) is 0 Å². The Morgan fingerprint density at radius 1 is 1.30 bits per heavy atom. The maximum absolute atomic E-state index is 7.50. The third-order valence-electron chi connectivity index (χ3n) is 3.78. The van der Waals surface area contributed by atoms with Gasteiger partial charge in [-0.05, 0) is 37.6 Å². The van der Waals surface area contributed by atoms with Gasteiger partial charge in [0.2, 0.25) is 0 Å². The van der Waals surface area contributed by atoms with Gasteiger partial charge in [0.25, 0.3) is 0 Å². The third-order valence-corrected chi connectivity index (χ3v) is 3.78. The molecule has 0 fully saturated rings. The summed E-state index contributed by atoms with van der Waals surface area (Å²) in [5, 5.41) is 18.8. The number of aromatic nitrogens is 2. The molecule has 0 saturated heterocycles. The van der Waals surface area contributed by atoms with E-state index in [1.54, 1.807) is 0 Å². The highest BCUT2D eigenvalue weighted by Gasteiger charge is 2.26. The Balaban J connectivity index is 1.96. The van der Waals surface area contributed by atoms with E-state index in [1.165, 1.54) is 5.56 Å². The summed E-state index contributed by atoms with van der Waals surface area (Å²) < 4.78 is 1.90. The van der Waals surface area contributed by atoms with Gasteiger partial charge in [0.15, 0.2) is 0 Å². The molecule has 20 heavy (non-hydrogen) atoms. The normalized spacial score (nSPS) is 16.4. The van der Waals surface area contributed by atoms with Crippen LogP contribution in [0.4, 0.5) is 11.4 Å². The standard InChI is InChI=1S/C14H18N6/c1-7-8(2)19-20(3)12(7)14-17-10-5-4-9(13(15)16)6-11(10)18-14/h4-6,14,17-18H,1-3H3,(H3,15,16). The number of amidine groups is 1. The van der Waals surface area contributed by atoms with Gasteiger partial charge in [-0.2, -0.15) is 5.10 Å². The Morgan fingerprint density at radius 2 is 2.00 bits per heavy atom. The molecule has 6 heteroatoms. The zero-order valence-electron chi connectivity index (χ0n) is 11.8. The third kappa shape index (κ3) is 1.80. The lowest BCUT2D eigenvalue weighted by Gasteiger charge is -2.14. The average Bonchev–Trinajstić information content (AvgIpc) is 2.90. The van der Waals surface area contributed by atoms with Gasteiger partial charge in [-0.25, -0.2) is 0 Å². The Bertz CT molecular complexity index is 700. The molecule has 2 heterocycles. The molecular formula is C14H18N6. The summed E-state index contributed by atoms with van der Waals surface area (Å²) >= 11 is 0. The summed E-state index contributed by atoms with van der Waals surface area (Å²) in [7, 11) is 1.95. The number of fused-ring (bicyclic) bond motifs is 1. The summed E-state index contributed by atoms with van der Waals surface area (Å²) in [6, 6.07) is 5.68. The van der Waals surface area contributed by atoms with Gasteiger partial charge in [-0.15, -0.1) is 0 Å². The van der Waals surface area contributed by atoms with Crippen molar-refractivity contribution in [2.75, 3.05) is 10.6 Å². The first-order valence-electron chi connectivity index (χ1n) is 6.49. The van der Waals surface area contributed by atoms with Crippen LogP contribution in [0.2, 0.25) is 0 Å². The molecule has 1 atom stereocenters. The van der Waals surface area contributed by atoms with E-state index in [0.717, 1.165) is 28.3 Å². The number of rotatable bonds is 2. The molecule has 1 aromatic carbocycles. The van der Waals surface area contributed by atoms with Crippen molar-refractivity contribution >= 4 is 17.2 Å². The number of aryl methyl sites for hydroxylation is 2. The first-order valence-corrected chi connectivity index (χ1v) is 6.49. The predicted molar refractivity (Wildman–Crippen MR) is 80.1 cm³/mol. The lowest BCUT2D eigenvalue weighted by molar-refractivity contribution is 0.681. The van der Waals surface area contributed by atoms with Crippen molar-refractivity contribution in [2.45, 2.75) is 20.0 Å². The molecule has 104 valence electrons. The summed E-state index contributed by atoms with van der Waals surface area (Å²) in [5.74, 6) is 0.0746. The number of anilines is 2. The van der Waals surface area contributed by atoms with Gasteiger partial charge in [-0.3, -0.25) is 10.1 Å². The minimum Gasteiger partial charge on any atom is -0.384 e. The number of nitrogens with two attached hydrogens (primary N) is 1. The van der Waals surface area contributed by atoms with Crippen LogP contribution in [0, 0.1) is 19.3 Å². The second-order valence-electron chi connectivity index (χ2n) is 5.11. The van der Waals surface area contributed by atoms with E-state index in [4.69, 9.17) is 11.1 Å². The van der Waals surface area contributed by atoms with Gasteiger partial charge >= 0.3 is 0 Å². The Kier molecular flexibility index (Phi) is 2.67. The molecule has 5 N–H and O–H groups in total. The molecule has 0 saturated carbocycles. The largest absolute Gasteiger partial charge is 0.384 e. The summed E-state index contributed by atoms with van der Waals surface area (Å²) in [4.78, 5) is 0. The highest BCUT2D eigenvalue weighted by molar-refractivity contribution is 5.97. The Morgan fingerprint density at radius 3 is 2.60 bits per heavy atom. The molecule has 0 radical (unpaired) electrons. The molecule has 2 aromatic rings. The highest BCUT2D eigenvalue weighted by Crippen LogP contribution is 2.36. The first-order chi connectivity index (χ1) is 9.47. The molecule has 0 aliphatic carbocycles. The van der Waals surface area contributed by atoms with E-state index >= 15 is 0 Å². The van der Waals surface area contributed by atoms with Crippen LogP contribution in [-0.4, -0.2) is 15.6 Å². The molecule has 1 aliphatic heterocycles. The Labute approximate surface area is 117 Å². The number of benzene rings is 1. The number of nitrogen functional groups attached to an aromatic ring is 1. The topological polar surface area (TPSA) is 91.8 Å². The van der Waals surface area contributed by atoms with Crippen molar-refractivity contribution in [3.05, 3.63) is 40.7 Å². The zero-order chi connectivity index (χ0) is 14.4. The minimum atomic E-state index is -0.0154. The smallest absolute Gasteiger partial charge is 0.141 e. The van der Waals surface area contributed by atoms with Gasteiger partial charge in [0, 0.05) is 12.6 Å². The number of hydrogen-bond donors (Lipinski definition) is 4. The molecule has 6 nitrogen and oxygen atoms in total.